The Morgan fingerprint density at radius 2 is 2.18 bits per heavy atom. The third-order valence-electron chi connectivity index (χ3n) is 2.52. The van der Waals surface area contributed by atoms with Crippen LogP contribution in [0.15, 0.2) is 22.7 Å². The Kier molecular flexibility index (Phi) is 5.48. The van der Waals surface area contributed by atoms with Crippen LogP contribution in [-0.2, 0) is 0 Å². The first-order valence-corrected chi connectivity index (χ1v) is 6.64. The minimum absolute atomic E-state index is 0.0760. The molecule has 0 radical (unpaired) electrons. The van der Waals surface area contributed by atoms with Crippen molar-refractivity contribution in [1.29, 1.82) is 0 Å². The number of amides is 1. The van der Waals surface area contributed by atoms with Gasteiger partial charge in [-0.15, -0.1) is 0 Å². The Morgan fingerprint density at radius 1 is 1.47 bits per heavy atom. The van der Waals surface area contributed by atoms with Gasteiger partial charge in [-0.25, -0.2) is 0 Å². The smallest absolute Gasteiger partial charge is 0.252 e. The Labute approximate surface area is 111 Å². The number of carbonyl (C=O) groups is 1. The van der Waals surface area contributed by atoms with Crippen LogP contribution in [0.4, 0.5) is 5.69 Å². The van der Waals surface area contributed by atoms with Crippen LogP contribution in [-0.4, -0.2) is 12.5 Å². The summed E-state index contributed by atoms with van der Waals surface area (Å²) in [6.07, 6.45) is 2.13. The number of halogens is 1. The van der Waals surface area contributed by atoms with Gasteiger partial charge in [-0.3, -0.25) is 4.79 Å². The van der Waals surface area contributed by atoms with E-state index >= 15 is 0 Å². The minimum atomic E-state index is -0.0760. The van der Waals surface area contributed by atoms with Gasteiger partial charge in [0.1, 0.15) is 0 Å². The van der Waals surface area contributed by atoms with E-state index in [1.165, 1.54) is 0 Å². The summed E-state index contributed by atoms with van der Waals surface area (Å²) in [7, 11) is 0. The quantitative estimate of drug-likeness (QED) is 0.648. The largest absolute Gasteiger partial charge is 0.398 e. The summed E-state index contributed by atoms with van der Waals surface area (Å²) in [5.41, 5.74) is 6.90. The topological polar surface area (TPSA) is 55.1 Å². The van der Waals surface area contributed by atoms with Crippen molar-refractivity contribution in [3.05, 3.63) is 28.2 Å². The number of anilines is 1. The van der Waals surface area contributed by atoms with Gasteiger partial charge >= 0.3 is 0 Å². The first-order valence-electron chi connectivity index (χ1n) is 5.84. The number of hydrogen-bond donors (Lipinski definition) is 2. The molecule has 1 rings (SSSR count). The summed E-state index contributed by atoms with van der Waals surface area (Å²) in [5.74, 6) is 0.596. The molecule has 4 heteroatoms. The predicted octanol–water partition coefficient (Wildman–Crippen LogP) is 3.20. The number of hydrogen-bond acceptors (Lipinski definition) is 2. The number of nitrogens with one attached hydrogen (secondary N) is 1. The van der Waals surface area contributed by atoms with Crippen LogP contribution in [0.2, 0.25) is 0 Å². The highest BCUT2D eigenvalue weighted by molar-refractivity contribution is 9.10. The SMILES string of the molecule is CC(C)CCCNC(=O)c1cccc(N)c1Br. The molecule has 3 N–H and O–H groups in total. The maximum absolute atomic E-state index is 11.9. The standard InChI is InChI=1S/C13H19BrN2O/c1-9(2)5-4-8-16-13(17)10-6-3-7-11(15)12(10)14/h3,6-7,9H,4-5,8,15H2,1-2H3,(H,16,17). The normalized spacial score (nSPS) is 10.6. The monoisotopic (exact) mass is 298 g/mol. The van der Waals surface area contributed by atoms with Crippen molar-refractivity contribution in [3.8, 4) is 0 Å². The molecule has 94 valence electrons. The van der Waals surface area contributed by atoms with E-state index in [9.17, 15) is 4.79 Å². The number of nitrogen functional groups attached to an aromatic ring is 1. The molecule has 17 heavy (non-hydrogen) atoms. The van der Waals surface area contributed by atoms with Crippen molar-refractivity contribution in [2.75, 3.05) is 12.3 Å². The zero-order chi connectivity index (χ0) is 12.8. The first kappa shape index (κ1) is 14.0. The molecule has 0 heterocycles. The molecule has 0 fully saturated rings. The van der Waals surface area contributed by atoms with Crippen molar-refractivity contribution in [1.82, 2.24) is 5.32 Å². The molecule has 0 aliphatic carbocycles. The van der Waals surface area contributed by atoms with Gasteiger partial charge in [0.05, 0.1) is 10.0 Å². The van der Waals surface area contributed by atoms with E-state index in [-0.39, 0.29) is 5.91 Å². The molecule has 0 aliphatic heterocycles. The average Bonchev–Trinajstić information content (AvgIpc) is 2.27. The second-order valence-corrected chi connectivity index (χ2v) is 5.29. The van der Waals surface area contributed by atoms with E-state index in [2.05, 4.69) is 35.1 Å². The Bertz CT molecular complexity index is 391. The van der Waals surface area contributed by atoms with E-state index in [0.29, 0.717) is 28.2 Å². The number of rotatable bonds is 5. The van der Waals surface area contributed by atoms with Crippen LogP contribution in [0.25, 0.3) is 0 Å². The highest BCUT2D eigenvalue weighted by Gasteiger charge is 2.10. The number of benzene rings is 1. The summed E-state index contributed by atoms with van der Waals surface area (Å²) < 4.78 is 0.668. The lowest BCUT2D eigenvalue weighted by molar-refractivity contribution is 0.0952. The lowest BCUT2D eigenvalue weighted by Crippen LogP contribution is -2.25. The molecule has 0 aromatic heterocycles. The molecule has 0 spiro atoms. The summed E-state index contributed by atoms with van der Waals surface area (Å²) in [4.78, 5) is 11.9. The highest BCUT2D eigenvalue weighted by atomic mass is 79.9. The van der Waals surface area contributed by atoms with Crippen LogP contribution >= 0.6 is 15.9 Å². The fourth-order valence-corrected chi connectivity index (χ4v) is 1.98. The van der Waals surface area contributed by atoms with Crippen molar-refractivity contribution in [2.45, 2.75) is 26.7 Å². The zero-order valence-corrected chi connectivity index (χ0v) is 11.9. The molecular formula is C13H19BrN2O. The molecule has 1 amide bonds. The lowest BCUT2D eigenvalue weighted by Gasteiger charge is -2.09. The minimum Gasteiger partial charge on any atom is -0.398 e. The molecule has 0 atom stereocenters. The van der Waals surface area contributed by atoms with Gasteiger partial charge in [0, 0.05) is 12.2 Å². The molecule has 3 nitrogen and oxygen atoms in total. The molecule has 0 saturated heterocycles. The van der Waals surface area contributed by atoms with Gasteiger partial charge in [-0.1, -0.05) is 19.9 Å². The van der Waals surface area contributed by atoms with Crippen LogP contribution in [0, 0.1) is 5.92 Å². The molecule has 0 bridgehead atoms. The lowest BCUT2D eigenvalue weighted by atomic mass is 10.1. The van der Waals surface area contributed by atoms with Gasteiger partial charge in [0.15, 0.2) is 0 Å². The average molecular weight is 299 g/mol. The fourth-order valence-electron chi connectivity index (χ4n) is 1.53. The van der Waals surface area contributed by atoms with Crippen molar-refractivity contribution in [3.63, 3.8) is 0 Å². The Balaban J connectivity index is 2.50. The number of carbonyl (C=O) groups excluding carboxylic acids is 1. The summed E-state index contributed by atoms with van der Waals surface area (Å²) in [6, 6.07) is 5.31. The third-order valence-corrected chi connectivity index (χ3v) is 3.40. The fraction of sp³-hybridized carbons (Fsp3) is 0.462. The molecule has 0 aliphatic rings. The first-order chi connectivity index (χ1) is 8.02. The van der Waals surface area contributed by atoms with Gasteiger partial charge in [0.25, 0.3) is 5.91 Å². The Hall–Kier alpha value is -1.03. The molecule has 0 saturated carbocycles. The zero-order valence-electron chi connectivity index (χ0n) is 10.3. The molecular weight excluding hydrogens is 280 g/mol. The van der Waals surface area contributed by atoms with Crippen molar-refractivity contribution < 1.29 is 4.79 Å². The van der Waals surface area contributed by atoms with E-state index in [1.54, 1.807) is 18.2 Å². The van der Waals surface area contributed by atoms with Gasteiger partial charge < -0.3 is 11.1 Å². The van der Waals surface area contributed by atoms with Gasteiger partial charge in [-0.05, 0) is 46.8 Å². The third kappa shape index (κ3) is 4.38. The van der Waals surface area contributed by atoms with Gasteiger partial charge in [0.2, 0.25) is 0 Å². The predicted molar refractivity (Wildman–Crippen MR) is 75.0 cm³/mol. The summed E-state index contributed by atoms with van der Waals surface area (Å²) in [6.45, 7) is 5.06. The molecule has 0 unspecified atom stereocenters. The van der Waals surface area contributed by atoms with E-state index < -0.39 is 0 Å². The van der Waals surface area contributed by atoms with E-state index in [0.717, 1.165) is 12.8 Å². The summed E-state index contributed by atoms with van der Waals surface area (Å²) >= 11 is 3.33. The second kappa shape index (κ2) is 6.64. The van der Waals surface area contributed by atoms with Crippen LogP contribution in [0.5, 0.6) is 0 Å². The van der Waals surface area contributed by atoms with E-state index in [4.69, 9.17) is 5.73 Å². The van der Waals surface area contributed by atoms with Crippen molar-refractivity contribution >= 4 is 27.5 Å². The summed E-state index contributed by atoms with van der Waals surface area (Å²) in [5, 5.41) is 2.90. The second-order valence-electron chi connectivity index (χ2n) is 4.50. The molecule has 1 aromatic rings. The van der Waals surface area contributed by atoms with Crippen molar-refractivity contribution in [2.24, 2.45) is 5.92 Å². The number of nitrogens with two attached hydrogens (primary N) is 1. The van der Waals surface area contributed by atoms with E-state index in [1.807, 2.05) is 0 Å². The highest BCUT2D eigenvalue weighted by Crippen LogP contribution is 2.23. The molecule has 1 aromatic carbocycles. The van der Waals surface area contributed by atoms with Crippen LogP contribution < -0.4 is 11.1 Å². The van der Waals surface area contributed by atoms with Gasteiger partial charge in [-0.2, -0.15) is 0 Å². The Morgan fingerprint density at radius 3 is 2.82 bits per heavy atom. The maximum Gasteiger partial charge on any atom is 0.252 e. The van der Waals surface area contributed by atoms with Crippen LogP contribution in [0.3, 0.4) is 0 Å². The van der Waals surface area contributed by atoms with Crippen LogP contribution in [0.1, 0.15) is 37.0 Å². The maximum atomic E-state index is 11.9.